The molecule has 19 heavy (non-hydrogen) atoms. The van der Waals surface area contributed by atoms with E-state index in [2.05, 4.69) is 10.6 Å². The SMILES string of the molecule is CC1(NC(=O)N[C@@H](CC(=O)O)C(=O)O)CCOCC1. The van der Waals surface area contributed by atoms with E-state index in [1.807, 2.05) is 6.92 Å². The number of carboxylic acid groups (broad SMARTS) is 2. The highest BCUT2D eigenvalue weighted by Crippen LogP contribution is 2.19. The van der Waals surface area contributed by atoms with Crippen molar-refractivity contribution in [3.63, 3.8) is 0 Å². The molecule has 1 aliphatic heterocycles. The molecule has 2 amide bonds. The monoisotopic (exact) mass is 274 g/mol. The van der Waals surface area contributed by atoms with E-state index in [4.69, 9.17) is 14.9 Å². The number of hydrogen-bond donors (Lipinski definition) is 4. The molecule has 1 saturated heterocycles. The lowest BCUT2D eigenvalue weighted by Gasteiger charge is -2.34. The third-order valence-corrected chi connectivity index (χ3v) is 2.99. The van der Waals surface area contributed by atoms with Gasteiger partial charge in [-0.25, -0.2) is 9.59 Å². The van der Waals surface area contributed by atoms with Gasteiger partial charge in [0.25, 0.3) is 0 Å². The van der Waals surface area contributed by atoms with Crippen LogP contribution in [0, 0.1) is 0 Å². The molecule has 0 radical (unpaired) electrons. The first-order chi connectivity index (χ1) is 8.82. The summed E-state index contributed by atoms with van der Waals surface area (Å²) >= 11 is 0. The van der Waals surface area contributed by atoms with Crippen molar-refractivity contribution in [1.29, 1.82) is 0 Å². The van der Waals surface area contributed by atoms with E-state index in [1.165, 1.54) is 0 Å². The molecule has 1 rings (SSSR count). The van der Waals surface area contributed by atoms with E-state index < -0.39 is 36.0 Å². The molecule has 1 aliphatic rings. The Morgan fingerprint density at radius 1 is 1.26 bits per heavy atom. The predicted molar refractivity (Wildman–Crippen MR) is 63.8 cm³/mol. The zero-order chi connectivity index (χ0) is 14.5. The minimum atomic E-state index is -1.44. The van der Waals surface area contributed by atoms with Crippen LogP contribution in [-0.4, -0.2) is 53.0 Å². The van der Waals surface area contributed by atoms with E-state index in [-0.39, 0.29) is 0 Å². The van der Waals surface area contributed by atoms with Gasteiger partial charge in [-0.3, -0.25) is 4.79 Å². The predicted octanol–water partition coefficient (Wildman–Crippen LogP) is -0.217. The summed E-state index contributed by atoms with van der Waals surface area (Å²) in [6.07, 6.45) is 0.580. The van der Waals surface area contributed by atoms with Crippen molar-refractivity contribution < 1.29 is 29.3 Å². The molecule has 1 heterocycles. The molecule has 0 aromatic rings. The van der Waals surface area contributed by atoms with Crippen LogP contribution >= 0.6 is 0 Å². The van der Waals surface area contributed by atoms with Gasteiger partial charge in [-0.2, -0.15) is 0 Å². The number of carbonyl (C=O) groups is 3. The van der Waals surface area contributed by atoms with Crippen molar-refractivity contribution in [1.82, 2.24) is 10.6 Å². The topological polar surface area (TPSA) is 125 Å². The molecule has 0 aliphatic carbocycles. The zero-order valence-corrected chi connectivity index (χ0v) is 10.6. The average Bonchev–Trinajstić information content (AvgIpc) is 2.27. The van der Waals surface area contributed by atoms with Crippen LogP contribution in [0.4, 0.5) is 4.79 Å². The van der Waals surface area contributed by atoms with Crippen LogP contribution in [-0.2, 0) is 14.3 Å². The number of amides is 2. The maximum absolute atomic E-state index is 11.7. The van der Waals surface area contributed by atoms with E-state index in [0.29, 0.717) is 26.1 Å². The van der Waals surface area contributed by atoms with E-state index in [9.17, 15) is 14.4 Å². The number of carboxylic acids is 2. The van der Waals surface area contributed by atoms with Crippen LogP contribution in [0.3, 0.4) is 0 Å². The Morgan fingerprint density at radius 2 is 1.84 bits per heavy atom. The summed E-state index contributed by atoms with van der Waals surface area (Å²) < 4.78 is 5.17. The fraction of sp³-hybridized carbons (Fsp3) is 0.727. The van der Waals surface area contributed by atoms with Crippen molar-refractivity contribution in [2.75, 3.05) is 13.2 Å². The first-order valence-corrected chi connectivity index (χ1v) is 5.93. The molecule has 1 fully saturated rings. The molecular weight excluding hydrogens is 256 g/mol. The fourth-order valence-corrected chi connectivity index (χ4v) is 1.79. The number of carbonyl (C=O) groups excluding carboxylic acids is 1. The van der Waals surface area contributed by atoms with Crippen LogP contribution in [0.1, 0.15) is 26.2 Å². The Hall–Kier alpha value is -1.83. The second-order valence-corrected chi connectivity index (χ2v) is 4.76. The molecule has 8 nitrogen and oxygen atoms in total. The smallest absolute Gasteiger partial charge is 0.326 e. The molecule has 0 bridgehead atoms. The lowest BCUT2D eigenvalue weighted by molar-refractivity contribution is -0.145. The van der Waals surface area contributed by atoms with Gasteiger partial charge in [0.1, 0.15) is 6.04 Å². The highest BCUT2D eigenvalue weighted by atomic mass is 16.5. The van der Waals surface area contributed by atoms with Gasteiger partial charge in [0.15, 0.2) is 0 Å². The second kappa shape index (κ2) is 6.37. The van der Waals surface area contributed by atoms with Gasteiger partial charge in [-0.1, -0.05) is 0 Å². The Morgan fingerprint density at radius 3 is 2.32 bits per heavy atom. The Balaban J connectivity index is 2.52. The number of rotatable bonds is 5. The highest BCUT2D eigenvalue weighted by molar-refractivity contribution is 5.86. The summed E-state index contributed by atoms with van der Waals surface area (Å²) in [7, 11) is 0. The van der Waals surface area contributed by atoms with Gasteiger partial charge in [-0.15, -0.1) is 0 Å². The quantitative estimate of drug-likeness (QED) is 0.549. The lowest BCUT2D eigenvalue weighted by atomic mass is 9.93. The Kier molecular flexibility index (Phi) is 5.11. The normalized spacial score (nSPS) is 19.2. The standard InChI is InChI=1S/C11H18N2O6/c1-11(2-4-19-5-3-11)13-10(18)12-7(9(16)17)6-8(14)15/h7H,2-6H2,1H3,(H,14,15)(H,16,17)(H2,12,13,18)/t7-/m0/s1. The van der Waals surface area contributed by atoms with Gasteiger partial charge in [0.2, 0.25) is 0 Å². The maximum Gasteiger partial charge on any atom is 0.326 e. The first kappa shape index (κ1) is 15.2. The summed E-state index contributed by atoms with van der Waals surface area (Å²) in [6, 6.07) is -2.13. The second-order valence-electron chi connectivity index (χ2n) is 4.76. The van der Waals surface area contributed by atoms with Crippen LogP contribution in [0.15, 0.2) is 0 Å². The van der Waals surface area contributed by atoms with Gasteiger partial charge < -0.3 is 25.6 Å². The zero-order valence-electron chi connectivity index (χ0n) is 10.6. The van der Waals surface area contributed by atoms with Gasteiger partial charge in [0.05, 0.1) is 6.42 Å². The molecule has 1 atom stereocenters. The van der Waals surface area contributed by atoms with Crippen molar-refractivity contribution in [3.8, 4) is 0 Å². The van der Waals surface area contributed by atoms with Crippen molar-refractivity contribution >= 4 is 18.0 Å². The maximum atomic E-state index is 11.7. The summed E-state index contributed by atoms with van der Waals surface area (Å²) in [5.74, 6) is -2.67. The number of ether oxygens (including phenoxy) is 1. The minimum absolute atomic E-state index is 0.464. The van der Waals surface area contributed by atoms with E-state index in [1.54, 1.807) is 0 Å². The van der Waals surface area contributed by atoms with Crippen molar-refractivity contribution in [2.24, 2.45) is 0 Å². The van der Waals surface area contributed by atoms with Crippen LogP contribution in [0.5, 0.6) is 0 Å². The summed E-state index contributed by atoms with van der Waals surface area (Å²) in [4.78, 5) is 33.0. The summed E-state index contributed by atoms with van der Waals surface area (Å²) in [6.45, 7) is 2.88. The number of urea groups is 1. The largest absolute Gasteiger partial charge is 0.481 e. The molecule has 0 aromatic carbocycles. The van der Waals surface area contributed by atoms with Gasteiger partial charge in [0, 0.05) is 18.8 Å². The van der Waals surface area contributed by atoms with Crippen LogP contribution in [0.25, 0.3) is 0 Å². The molecule has 0 unspecified atom stereocenters. The number of nitrogens with one attached hydrogen (secondary N) is 2. The van der Waals surface area contributed by atoms with Gasteiger partial charge >= 0.3 is 18.0 Å². The van der Waals surface area contributed by atoms with Gasteiger partial charge in [-0.05, 0) is 19.8 Å². The molecule has 0 spiro atoms. The fourth-order valence-electron chi connectivity index (χ4n) is 1.79. The van der Waals surface area contributed by atoms with Crippen LogP contribution in [0.2, 0.25) is 0 Å². The summed E-state index contributed by atoms with van der Waals surface area (Å²) in [5.41, 5.74) is -0.464. The number of hydrogen-bond acceptors (Lipinski definition) is 4. The molecule has 8 heteroatoms. The van der Waals surface area contributed by atoms with Crippen LogP contribution < -0.4 is 10.6 Å². The van der Waals surface area contributed by atoms with Crippen molar-refractivity contribution in [3.05, 3.63) is 0 Å². The lowest BCUT2D eigenvalue weighted by Crippen LogP contribution is -2.56. The highest BCUT2D eigenvalue weighted by Gasteiger charge is 2.31. The van der Waals surface area contributed by atoms with E-state index >= 15 is 0 Å². The Labute approximate surface area is 110 Å². The Bertz CT molecular complexity index is 364. The number of aliphatic carboxylic acids is 2. The third kappa shape index (κ3) is 5.12. The molecule has 4 N–H and O–H groups in total. The van der Waals surface area contributed by atoms with E-state index in [0.717, 1.165) is 0 Å². The molecule has 0 saturated carbocycles. The molecular formula is C11H18N2O6. The van der Waals surface area contributed by atoms with Crippen molar-refractivity contribution in [2.45, 2.75) is 37.8 Å². The molecule has 0 aromatic heterocycles. The summed E-state index contributed by atoms with van der Waals surface area (Å²) in [5, 5.41) is 22.2. The minimum Gasteiger partial charge on any atom is -0.481 e. The average molecular weight is 274 g/mol. The molecule has 108 valence electrons. The first-order valence-electron chi connectivity index (χ1n) is 5.93. The third-order valence-electron chi connectivity index (χ3n) is 2.99.